The molecule has 0 aliphatic heterocycles. The van der Waals surface area contributed by atoms with Gasteiger partial charge in [-0.15, -0.1) is 0 Å². The highest BCUT2D eigenvalue weighted by molar-refractivity contribution is 5.76. The zero-order chi connectivity index (χ0) is 13.0. The molecule has 0 bridgehead atoms. The van der Waals surface area contributed by atoms with Crippen LogP contribution in [0.25, 0.3) is 0 Å². The summed E-state index contributed by atoms with van der Waals surface area (Å²) < 4.78 is 12.8. The Morgan fingerprint density at radius 3 is 2.50 bits per heavy atom. The van der Waals surface area contributed by atoms with Crippen LogP contribution in [-0.2, 0) is 11.3 Å². The Labute approximate surface area is 108 Å². The highest BCUT2D eigenvalue weighted by Gasteiger charge is 2.20. The van der Waals surface area contributed by atoms with Crippen LogP contribution >= 0.6 is 0 Å². The molecule has 1 aliphatic rings. The Morgan fingerprint density at radius 2 is 1.89 bits per heavy atom. The standard InChI is InChI=1S/C15H20FNO/c1-17(11-13-6-8-14(16)9-7-13)15(18)10-12-4-2-3-5-12/h6-9,12H,2-5,10-11H2,1H3. The second-order valence-electron chi connectivity index (χ2n) is 5.23. The van der Waals surface area contributed by atoms with E-state index in [0.717, 1.165) is 5.56 Å². The fourth-order valence-corrected chi connectivity index (χ4v) is 2.57. The van der Waals surface area contributed by atoms with Gasteiger partial charge in [-0.3, -0.25) is 4.79 Å². The predicted molar refractivity (Wildman–Crippen MR) is 69.4 cm³/mol. The van der Waals surface area contributed by atoms with Crippen LogP contribution in [0.1, 0.15) is 37.7 Å². The molecule has 1 aromatic carbocycles. The van der Waals surface area contributed by atoms with Crippen LogP contribution < -0.4 is 0 Å². The molecule has 3 heteroatoms. The van der Waals surface area contributed by atoms with Crippen molar-refractivity contribution in [1.29, 1.82) is 0 Å². The monoisotopic (exact) mass is 249 g/mol. The molecule has 0 atom stereocenters. The average Bonchev–Trinajstić information content (AvgIpc) is 2.85. The summed E-state index contributed by atoms with van der Waals surface area (Å²) in [5, 5.41) is 0. The van der Waals surface area contributed by atoms with Crippen molar-refractivity contribution in [3.05, 3.63) is 35.6 Å². The quantitative estimate of drug-likeness (QED) is 0.801. The van der Waals surface area contributed by atoms with Crippen LogP contribution in [0.4, 0.5) is 4.39 Å². The summed E-state index contributed by atoms with van der Waals surface area (Å²) in [5.41, 5.74) is 0.971. The van der Waals surface area contributed by atoms with Gasteiger partial charge >= 0.3 is 0 Å². The zero-order valence-electron chi connectivity index (χ0n) is 10.9. The molecule has 2 nitrogen and oxygen atoms in total. The Kier molecular flexibility index (Phi) is 4.34. The minimum absolute atomic E-state index is 0.200. The van der Waals surface area contributed by atoms with Gasteiger partial charge in [0.2, 0.25) is 5.91 Å². The number of hydrogen-bond acceptors (Lipinski definition) is 1. The zero-order valence-corrected chi connectivity index (χ0v) is 10.9. The molecule has 1 aromatic rings. The lowest BCUT2D eigenvalue weighted by Crippen LogP contribution is -2.27. The summed E-state index contributed by atoms with van der Waals surface area (Å²) >= 11 is 0. The van der Waals surface area contributed by atoms with E-state index < -0.39 is 0 Å². The average molecular weight is 249 g/mol. The molecule has 0 aromatic heterocycles. The van der Waals surface area contributed by atoms with Crippen LogP contribution in [0.5, 0.6) is 0 Å². The molecule has 98 valence electrons. The highest BCUT2D eigenvalue weighted by Crippen LogP contribution is 2.28. The number of rotatable bonds is 4. The third-order valence-electron chi connectivity index (χ3n) is 3.70. The number of carbonyl (C=O) groups is 1. The first kappa shape index (κ1) is 13.1. The van der Waals surface area contributed by atoms with Crippen molar-refractivity contribution in [3.63, 3.8) is 0 Å². The largest absolute Gasteiger partial charge is 0.341 e. The Bertz CT molecular complexity index is 395. The molecule has 0 spiro atoms. The molecule has 1 fully saturated rings. The summed E-state index contributed by atoms with van der Waals surface area (Å²) in [6.45, 7) is 0.561. The van der Waals surface area contributed by atoms with Gasteiger partial charge in [-0.1, -0.05) is 25.0 Å². The number of hydrogen-bond donors (Lipinski definition) is 0. The second kappa shape index (κ2) is 5.98. The highest BCUT2D eigenvalue weighted by atomic mass is 19.1. The first-order valence-corrected chi connectivity index (χ1v) is 6.63. The SMILES string of the molecule is CN(Cc1ccc(F)cc1)C(=O)CC1CCCC1. The minimum Gasteiger partial charge on any atom is -0.341 e. The van der Waals surface area contributed by atoms with Gasteiger partial charge in [0.15, 0.2) is 0 Å². The predicted octanol–water partition coefficient (Wildman–Crippen LogP) is 3.36. The second-order valence-corrected chi connectivity index (χ2v) is 5.23. The van der Waals surface area contributed by atoms with E-state index in [9.17, 15) is 9.18 Å². The lowest BCUT2D eigenvalue weighted by Gasteiger charge is -2.19. The summed E-state index contributed by atoms with van der Waals surface area (Å²) in [7, 11) is 1.82. The molecule has 0 heterocycles. The number of benzene rings is 1. The van der Waals surface area contributed by atoms with Crippen molar-refractivity contribution in [2.75, 3.05) is 7.05 Å². The van der Waals surface area contributed by atoms with E-state index in [1.54, 1.807) is 17.0 Å². The van der Waals surface area contributed by atoms with Crippen LogP contribution in [0.3, 0.4) is 0 Å². The lowest BCUT2D eigenvalue weighted by molar-refractivity contribution is -0.131. The maximum Gasteiger partial charge on any atom is 0.222 e. The normalized spacial score (nSPS) is 15.9. The smallest absolute Gasteiger partial charge is 0.222 e. The molecular formula is C15H20FNO. The minimum atomic E-state index is -0.237. The molecule has 18 heavy (non-hydrogen) atoms. The third kappa shape index (κ3) is 3.56. The molecule has 1 aliphatic carbocycles. The van der Waals surface area contributed by atoms with Gasteiger partial charge in [0.05, 0.1) is 0 Å². The lowest BCUT2D eigenvalue weighted by atomic mass is 10.0. The molecular weight excluding hydrogens is 229 g/mol. The molecule has 0 N–H and O–H groups in total. The molecule has 0 radical (unpaired) electrons. The van der Waals surface area contributed by atoms with Gasteiger partial charge < -0.3 is 4.90 Å². The molecule has 0 saturated heterocycles. The fraction of sp³-hybridized carbons (Fsp3) is 0.533. The van der Waals surface area contributed by atoms with Gasteiger partial charge in [-0.05, 0) is 36.5 Å². The third-order valence-corrected chi connectivity index (χ3v) is 3.70. The van der Waals surface area contributed by atoms with Crippen molar-refractivity contribution >= 4 is 5.91 Å². The first-order chi connectivity index (χ1) is 8.65. The molecule has 0 unspecified atom stereocenters. The van der Waals surface area contributed by atoms with Crippen molar-refractivity contribution in [2.45, 2.75) is 38.6 Å². The first-order valence-electron chi connectivity index (χ1n) is 6.63. The summed E-state index contributed by atoms with van der Waals surface area (Å²) in [5.74, 6) is 0.540. The number of amides is 1. The van der Waals surface area contributed by atoms with Crippen LogP contribution in [-0.4, -0.2) is 17.9 Å². The van der Waals surface area contributed by atoms with Crippen molar-refractivity contribution < 1.29 is 9.18 Å². The number of nitrogens with zero attached hydrogens (tertiary/aromatic N) is 1. The van der Waals surface area contributed by atoms with Crippen molar-refractivity contribution in [3.8, 4) is 0 Å². The Hall–Kier alpha value is -1.38. The van der Waals surface area contributed by atoms with E-state index in [1.807, 2.05) is 7.05 Å². The Balaban J connectivity index is 1.84. The summed E-state index contributed by atoms with van der Waals surface area (Å²) in [4.78, 5) is 13.8. The van der Waals surface area contributed by atoms with Crippen LogP contribution in [0.2, 0.25) is 0 Å². The van der Waals surface area contributed by atoms with E-state index in [0.29, 0.717) is 18.9 Å². The van der Waals surface area contributed by atoms with Gasteiger partial charge in [0.1, 0.15) is 5.82 Å². The van der Waals surface area contributed by atoms with Crippen LogP contribution in [0.15, 0.2) is 24.3 Å². The number of carbonyl (C=O) groups excluding carboxylic acids is 1. The van der Waals surface area contributed by atoms with E-state index in [1.165, 1.54) is 37.8 Å². The van der Waals surface area contributed by atoms with E-state index in [-0.39, 0.29) is 11.7 Å². The molecule has 2 rings (SSSR count). The number of halogens is 1. The van der Waals surface area contributed by atoms with E-state index >= 15 is 0 Å². The maximum atomic E-state index is 12.8. The summed E-state index contributed by atoms with van der Waals surface area (Å²) in [6.07, 6.45) is 5.57. The molecule has 1 saturated carbocycles. The summed E-state index contributed by atoms with van der Waals surface area (Å²) in [6, 6.07) is 6.33. The van der Waals surface area contributed by atoms with Crippen molar-refractivity contribution in [1.82, 2.24) is 4.90 Å². The van der Waals surface area contributed by atoms with Gasteiger partial charge in [-0.2, -0.15) is 0 Å². The maximum absolute atomic E-state index is 12.8. The van der Waals surface area contributed by atoms with E-state index in [4.69, 9.17) is 0 Å². The van der Waals surface area contributed by atoms with Gasteiger partial charge in [-0.25, -0.2) is 4.39 Å². The molecule has 1 amide bonds. The van der Waals surface area contributed by atoms with Crippen molar-refractivity contribution in [2.24, 2.45) is 5.92 Å². The Morgan fingerprint density at radius 1 is 1.28 bits per heavy atom. The van der Waals surface area contributed by atoms with Gasteiger partial charge in [0.25, 0.3) is 0 Å². The van der Waals surface area contributed by atoms with Crippen LogP contribution in [0, 0.1) is 11.7 Å². The van der Waals surface area contributed by atoms with E-state index in [2.05, 4.69) is 0 Å². The van der Waals surface area contributed by atoms with Gasteiger partial charge in [0, 0.05) is 20.0 Å². The fourth-order valence-electron chi connectivity index (χ4n) is 2.57. The topological polar surface area (TPSA) is 20.3 Å².